The van der Waals surface area contributed by atoms with Gasteiger partial charge in [-0.2, -0.15) is 4.52 Å². The molecule has 0 saturated carbocycles. The maximum atomic E-state index is 13.2. The van der Waals surface area contributed by atoms with Gasteiger partial charge in [0.1, 0.15) is 0 Å². The minimum Gasteiger partial charge on any atom is -0.367 e. The lowest BCUT2D eigenvalue weighted by molar-refractivity contribution is 0.182. The number of hydrogen-bond donors (Lipinski definition) is 1. The molecule has 0 spiro atoms. The molecule has 2 aromatic carbocycles. The summed E-state index contributed by atoms with van der Waals surface area (Å²) in [7, 11) is 0. The molecule has 0 atom stereocenters. The number of rotatable bonds is 6. The summed E-state index contributed by atoms with van der Waals surface area (Å²) in [6.45, 7) is 10.5. The van der Waals surface area contributed by atoms with Crippen LogP contribution in [0.3, 0.4) is 0 Å². The van der Waals surface area contributed by atoms with E-state index in [-0.39, 0.29) is 5.56 Å². The number of benzene rings is 2. The maximum absolute atomic E-state index is 13.2. The number of nitrogens with one attached hydrogen (secondary N) is 1. The summed E-state index contributed by atoms with van der Waals surface area (Å²) in [5.41, 5.74) is 1.07. The van der Waals surface area contributed by atoms with Crippen molar-refractivity contribution in [2.75, 3.05) is 18.4 Å². The van der Waals surface area contributed by atoms with E-state index in [2.05, 4.69) is 58.9 Å². The average Bonchev–Trinajstić information content (AvgIpc) is 2.71. The number of hydrogen-bond acceptors (Lipinski definition) is 5. The van der Waals surface area contributed by atoms with E-state index < -0.39 is 0 Å². The van der Waals surface area contributed by atoms with E-state index in [9.17, 15) is 4.79 Å². The Labute approximate surface area is 184 Å². The monoisotopic (exact) mass is 467 g/mol. The van der Waals surface area contributed by atoms with Gasteiger partial charge in [0.2, 0.25) is 0 Å². The zero-order chi connectivity index (χ0) is 21.4. The smallest absolute Gasteiger partial charge is 0.282 e. The Hall–Kier alpha value is -2.51. The summed E-state index contributed by atoms with van der Waals surface area (Å²) >= 11 is 3.44. The van der Waals surface area contributed by atoms with Crippen molar-refractivity contribution in [1.82, 2.24) is 19.5 Å². The molecule has 4 aromatic rings. The standard InChI is InChI=1S/C23H26BrN5O/c1-14(2)28(15(3)4)12-11-25-21-17-7-5-6-8-18(17)22-26-20-10-9-16(24)13-19(20)23(30)29(22)27-21/h5-10,13-15H,11-12H2,1-4H3,(H,25,27). The van der Waals surface area contributed by atoms with Crippen LogP contribution in [0.25, 0.3) is 27.3 Å². The molecule has 0 amide bonds. The number of anilines is 1. The Kier molecular flexibility index (Phi) is 5.75. The molecule has 4 rings (SSSR count). The Bertz CT molecular complexity index is 1270. The van der Waals surface area contributed by atoms with Gasteiger partial charge in [-0.25, -0.2) is 4.98 Å². The van der Waals surface area contributed by atoms with Crippen molar-refractivity contribution in [3.05, 3.63) is 57.3 Å². The van der Waals surface area contributed by atoms with Crippen LogP contribution >= 0.6 is 15.9 Å². The molecule has 0 bridgehead atoms. The number of nitrogens with zero attached hydrogens (tertiary/aromatic N) is 4. The van der Waals surface area contributed by atoms with Crippen LogP contribution in [0.15, 0.2) is 51.7 Å². The molecule has 0 fully saturated rings. The van der Waals surface area contributed by atoms with Crippen LogP contribution < -0.4 is 10.9 Å². The van der Waals surface area contributed by atoms with E-state index in [1.165, 1.54) is 4.52 Å². The highest BCUT2D eigenvalue weighted by Gasteiger charge is 2.15. The van der Waals surface area contributed by atoms with Crippen molar-refractivity contribution >= 4 is 49.1 Å². The summed E-state index contributed by atoms with van der Waals surface area (Å²) < 4.78 is 2.26. The first-order valence-corrected chi connectivity index (χ1v) is 11.1. The van der Waals surface area contributed by atoms with Gasteiger partial charge in [0, 0.05) is 40.4 Å². The first-order chi connectivity index (χ1) is 14.4. The lowest BCUT2D eigenvalue weighted by Crippen LogP contribution is -2.40. The number of aromatic nitrogens is 3. The van der Waals surface area contributed by atoms with Crippen molar-refractivity contribution in [3.63, 3.8) is 0 Å². The summed E-state index contributed by atoms with van der Waals surface area (Å²) in [5, 5.41) is 10.5. The van der Waals surface area contributed by atoms with Gasteiger partial charge < -0.3 is 5.32 Å². The molecule has 0 unspecified atom stereocenters. The molecular weight excluding hydrogens is 442 g/mol. The average molecular weight is 468 g/mol. The molecule has 0 aliphatic carbocycles. The van der Waals surface area contributed by atoms with Crippen molar-refractivity contribution in [2.45, 2.75) is 39.8 Å². The SMILES string of the molecule is CC(C)N(CCNc1nn2c(=O)c3cc(Br)ccc3nc2c2ccccc12)C(C)C. The number of fused-ring (bicyclic) bond motifs is 4. The van der Waals surface area contributed by atoms with Gasteiger partial charge in [-0.15, -0.1) is 5.10 Å². The molecule has 6 nitrogen and oxygen atoms in total. The minimum atomic E-state index is -0.170. The van der Waals surface area contributed by atoms with Crippen LogP contribution in [0, 0.1) is 0 Å². The van der Waals surface area contributed by atoms with Crippen LogP contribution in [-0.4, -0.2) is 44.7 Å². The Morgan fingerprint density at radius 1 is 1.03 bits per heavy atom. The molecule has 30 heavy (non-hydrogen) atoms. The fourth-order valence-corrected chi connectivity index (χ4v) is 4.36. The highest BCUT2D eigenvalue weighted by Crippen LogP contribution is 2.25. The lowest BCUT2D eigenvalue weighted by Gasteiger charge is -2.30. The third kappa shape index (κ3) is 3.79. The molecule has 0 saturated heterocycles. The highest BCUT2D eigenvalue weighted by atomic mass is 79.9. The Morgan fingerprint density at radius 2 is 1.73 bits per heavy atom. The largest absolute Gasteiger partial charge is 0.367 e. The Morgan fingerprint density at radius 3 is 2.43 bits per heavy atom. The summed E-state index contributed by atoms with van der Waals surface area (Å²) in [5.74, 6) is 0.698. The third-order valence-corrected chi connectivity index (χ3v) is 5.91. The highest BCUT2D eigenvalue weighted by molar-refractivity contribution is 9.10. The van der Waals surface area contributed by atoms with Crippen LogP contribution in [0.5, 0.6) is 0 Å². The van der Waals surface area contributed by atoms with Gasteiger partial charge in [-0.3, -0.25) is 9.69 Å². The first-order valence-electron chi connectivity index (χ1n) is 10.3. The minimum absolute atomic E-state index is 0.170. The van der Waals surface area contributed by atoms with Gasteiger partial charge >= 0.3 is 0 Å². The molecule has 0 radical (unpaired) electrons. The number of halogens is 1. The van der Waals surface area contributed by atoms with E-state index in [0.717, 1.165) is 28.3 Å². The van der Waals surface area contributed by atoms with E-state index in [0.29, 0.717) is 34.5 Å². The van der Waals surface area contributed by atoms with Gasteiger partial charge in [-0.05, 0) is 45.9 Å². The van der Waals surface area contributed by atoms with Crippen LogP contribution in [0.2, 0.25) is 0 Å². The van der Waals surface area contributed by atoms with Crippen molar-refractivity contribution in [2.24, 2.45) is 0 Å². The summed E-state index contributed by atoms with van der Waals surface area (Å²) in [4.78, 5) is 20.4. The van der Waals surface area contributed by atoms with Gasteiger partial charge in [0.15, 0.2) is 11.5 Å². The normalized spacial score (nSPS) is 12.1. The second-order valence-corrected chi connectivity index (χ2v) is 8.98. The van der Waals surface area contributed by atoms with E-state index in [4.69, 9.17) is 4.98 Å². The van der Waals surface area contributed by atoms with Crippen molar-refractivity contribution in [1.29, 1.82) is 0 Å². The van der Waals surface area contributed by atoms with Crippen LogP contribution in [0.4, 0.5) is 5.82 Å². The van der Waals surface area contributed by atoms with E-state index >= 15 is 0 Å². The quantitative estimate of drug-likeness (QED) is 0.329. The summed E-state index contributed by atoms with van der Waals surface area (Å²) in [6.07, 6.45) is 0. The van der Waals surface area contributed by atoms with E-state index in [1.807, 2.05) is 36.4 Å². The van der Waals surface area contributed by atoms with Crippen LogP contribution in [0.1, 0.15) is 27.7 Å². The predicted octanol–water partition coefficient (Wildman–Crippen LogP) is 4.69. The van der Waals surface area contributed by atoms with Crippen molar-refractivity contribution in [3.8, 4) is 0 Å². The fourth-order valence-electron chi connectivity index (χ4n) is 4.00. The molecule has 7 heteroatoms. The molecule has 156 valence electrons. The first kappa shape index (κ1) is 20.8. The zero-order valence-corrected chi connectivity index (χ0v) is 19.3. The zero-order valence-electron chi connectivity index (χ0n) is 17.7. The topological polar surface area (TPSA) is 62.5 Å². The summed E-state index contributed by atoms with van der Waals surface area (Å²) in [6, 6.07) is 14.4. The third-order valence-electron chi connectivity index (χ3n) is 5.42. The molecule has 2 aromatic heterocycles. The lowest BCUT2D eigenvalue weighted by atomic mass is 10.1. The maximum Gasteiger partial charge on any atom is 0.282 e. The molecule has 1 N–H and O–H groups in total. The van der Waals surface area contributed by atoms with Crippen molar-refractivity contribution < 1.29 is 0 Å². The Balaban J connectivity index is 1.82. The molecule has 0 aliphatic heterocycles. The molecule has 2 heterocycles. The van der Waals surface area contributed by atoms with E-state index in [1.54, 1.807) is 6.07 Å². The predicted molar refractivity (Wildman–Crippen MR) is 127 cm³/mol. The fraction of sp³-hybridized carbons (Fsp3) is 0.348. The second-order valence-electron chi connectivity index (χ2n) is 8.06. The van der Waals surface area contributed by atoms with Crippen LogP contribution in [-0.2, 0) is 0 Å². The molecular formula is C23H26BrN5O. The van der Waals surface area contributed by atoms with Gasteiger partial charge in [0.05, 0.1) is 10.9 Å². The second kappa shape index (κ2) is 8.32. The van der Waals surface area contributed by atoms with Gasteiger partial charge in [-0.1, -0.05) is 40.2 Å². The van der Waals surface area contributed by atoms with Gasteiger partial charge in [0.25, 0.3) is 5.56 Å². The molecule has 0 aliphatic rings.